The molecule has 7 heteroatoms. The first-order valence-electron chi connectivity index (χ1n) is 10.0. The number of hydrogen-bond acceptors (Lipinski definition) is 4. The number of benzene rings is 2. The number of quaternary nitrogens is 1. The van der Waals surface area contributed by atoms with Crippen LogP contribution in [0.15, 0.2) is 48.5 Å². The lowest BCUT2D eigenvalue weighted by molar-refractivity contribution is -0.914. The molecule has 4 rings (SSSR count). The lowest BCUT2D eigenvalue weighted by Gasteiger charge is -2.38. The van der Waals surface area contributed by atoms with Crippen LogP contribution < -0.4 is 24.8 Å². The third-order valence-corrected chi connectivity index (χ3v) is 5.85. The van der Waals surface area contributed by atoms with Gasteiger partial charge in [0.2, 0.25) is 5.91 Å². The van der Waals surface area contributed by atoms with E-state index in [1.54, 1.807) is 12.0 Å². The number of nitrogens with one attached hydrogen (secondary N) is 2. The zero-order chi connectivity index (χ0) is 20.4. The molecule has 0 aliphatic carbocycles. The van der Waals surface area contributed by atoms with E-state index < -0.39 is 0 Å². The number of para-hydroxylation sites is 4. The van der Waals surface area contributed by atoms with Crippen molar-refractivity contribution >= 4 is 28.9 Å². The molecule has 1 saturated heterocycles. The minimum absolute atomic E-state index is 0.00644. The number of carbonyl (C=O) groups is 2. The van der Waals surface area contributed by atoms with Crippen molar-refractivity contribution < 1.29 is 19.2 Å². The molecule has 2 amide bonds. The number of ether oxygens (including phenoxy) is 1. The average molecular weight is 395 g/mol. The van der Waals surface area contributed by atoms with Crippen LogP contribution in [0.1, 0.15) is 6.92 Å². The minimum Gasteiger partial charge on any atom is -0.495 e. The number of nitrogens with zero attached hydrogens (tertiary/aromatic N) is 2. The van der Waals surface area contributed by atoms with Gasteiger partial charge in [0.25, 0.3) is 5.91 Å². The largest absolute Gasteiger partial charge is 0.495 e. The van der Waals surface area contributed by atoms with Crippen LogP contribution in [0, 0.1) is 0 Å². The zero-order valence-electron chi connectivity index (χ0n) is 16.9. The van der Waals surface area contributed by atoms with E-state index in [4.69, 9.17) is 4.74 Å². The van der Waals surface area contributed by atoms with Crippen LogP contribution in [-0.4, -0.2) is 57.7 Å². The number of carbonyl (C=O) groups excluding carboxylic acids is 2. The highest BCUT2D eigenvalue weighted by molar-refractivity contribution is 6.10. The van der Waals surface area contributed by atoms with Gasteiger partial charge in [-0.05, 0) is 31.2 Å². The highest BCUT2D eigenvalue weighted by Crippen LogP contribution is 2.29. The summed E-state index contributed by atoms with van der Waals surface area (Å²) in [4.78, 5) is 30.5. The summed E-state index contributed by atoms with van der Waals surface area (Å²) >= 11 is 0. The molecule has 152 valence electrons. The Morgan fingerprint density at radius 2 is 1.72 bits per heavy atom. The van der Waals surface area contributed by atoms with Gasteiger partial charge in [-0.3, -0.25) is 14.5 Å². The normalized spacial score (nSPS) is 18.1. The lowest BCUT2D eigenvalue weighted by Crippen LogP contribution is -3.19. The smallest absolute Gasteiger partial charge is 0.285 e. The molecule has 0 unspecified atom stereocenters. The molecule has 2 heterocycles. The summed E-state index contributed by atoms with van der Waals surface area (Å²) < 4.78 is 5.49. The Labute approximate surface area is 170 Å². The molecular weight excluding hydrogens is 368 g/mol. The maximum absolute atomic E-state index is 13.2. The molecule has 0 bridgehead atoms. The van der Waals surface area contributed by atoms with E-state index in [1.807, 2.05) is 49.4 Å². The predicted octanol–water partition coefficient (Wildman–Crippen LogP) is 0.774. The van der Waals surface area contributed by atoms with E-state index in [0.29, 0.717) is 5.69 Å². The Morgan fingerprint density at radius 1 is 1.07 bits per heavy atom. The van der Waals surface area contributed by atoms with Gasteiger partial charge < -0.3 is 19.9 Å². The second-order valence-corrected chi connectivity index (χ2v) is 7.53. The molecule has 2 aromatic rings. The maximum atomic E-state index is 13.2. The first kappa shape index (κ1) is 19.3. The molecular formula is C22H27N4O3+. The van der Waals surface area contributed by atoms with Gasteiger partial charge in [-0.1, -0.05) is 24.3 Å². The Balaban J connectivity index is 1.44. The monoisotopic (exact) mass is 395 g/mol. The summed E-state index contributed by atoms with van der Waals surface area (Å²) in [6.07, 6.45) is 0. The Kier molecular flexibility index (Phi) is 5.40. The van der Waals surface area contributed by atoms with E-state index >= 15 is 0 Å². The number of anilines is 3. The van der Waals surface area contributed by atoms with Crippen molar-refractivity contribution in [3.8, 4) is 5.75 Å². The summed E-state index contributed by atoms with van der Waals surface area (Å²) in [5.41, 5.74) is 2.56. The van der Waals surface area contributed by atoms with E-state index in [2.05, 4.69) is 16.3 Å². The second kappa shape index (κ2) is 8.13. The number of piperazine rings is 1. The van der Waals surface area contributed by atoms with Gasteiger partial charge in [0.05, 0.1) is 50.4 Å². The molecule has 2 aliphatic heterocycles. The fraction of sp³-hybridized carbons (Fsp3) is 0.364. The molecule has 2 N–H and O–H groups in total. The van der Waals surface area contributed by atoms with Gasteiger partial charge in [-0.2, -0.15) is 0 Å². The highest BCUT2D eigenvalue weighted by atomic mass is 16.5. The number of amides is 2. The van der Waals surface area contributed by atoms with Crippen molar-refractivity contribution in [1.82, 2.24) is 0 Å². The molecule has 2 aliphatic rings. The van der Waals surface area contributed by atoms with Gasteiger partial charge in [-0.25, -0.2) is 0 Å². The summed E-state index contributed by atoms with van der Waals surface area (Å²) in [5, 5.41) is 2.84. The van der Waals surface area contributed by atoms with Crippen molar-refractivity contribution in [2.24, 2.45) is 0 Å². The summed E-state index contributed by atoms with van der Waals surface area (Å²) in [6, 6.07) is 15.3. The second-order valence-electron chi connectivity index (χ2n) is 7.53. The van der Waals surface area contributed by atoms with Crippen molar-refractivity contribution in [3.63, 3.8) is 0 Å². The fourth-order valence-corrected chi connectivity index (χ4v) is 4.20. The number of rotatable bonds is 4. The quantitative estimate of drug-likeness (QED) is 0.803. The molecule has 0 spiro atoms. The highest BCUT2D eigenvalue weighted by Gasteiger charge is 2.36. The molecule has 1 atom stereocenters. The summed E-state index contributed by atoms with van der Waals surface area (Å²) in [5.74, 6) is 0.712. The van der Waals surface area contributed by atoms with Gasteiger partial charge in [0, 0.05) is 0 Å². The molecule has 0 radical (unpaired) electrons. The zero-order valence-corrected chi connectivity index (χ0v) is 16.9. The fourth-order valence-electron chi connectivity index (χ4n) is 4.20. The van der Waals surface area contributed by atoms with Crippen LogP contribution in [-0.2, 0) is 9.59 Å². The van der Waals surface area contributed by atoms with Gasteiger partial charge >= 0.3 is 0 Å². The van der Waals surface area contributed by atoms with Crippen LogP contribution in [0.3, 0.4) is 0 Å². The number of methoxy groups -OCH3 is 1. The van der Waals surface area contributed by atoms with Crippen LogP contribution in [0.5, 0.6) is 5.75 Å². The minimum atomic E-state index is -0.214. The number of fused-ring (bicyclic) bond motifs is 1. The molecule has 0 aromatic heterocycles. The Hall–Kier alpha value is -3.06. The third kappa shape index (κ3) is 3.78. The van der Waals surface area contributed by atoms with E-state index in [1.165, 1.54) is 4.90 Å². The molecule has 7 nitrogen and oxygen atoms in total. The lowest BCUT2D eigenvalue weighted by atomic mass is 10.1. The van der Waals surface area contributed by atoms with Crippen LogP contribution in [0.25, 0.3) is 0 Å². The van der Waals surface area contributed by atoms with Crippen molar-refractivity contribution in [1.29, 1.82) is 0 Å². The SMILES string of the molecule is COc1ccccc1N1CC[NH+]([C@H](C)C(=O)N2CC(=O)Nc3ccccc32)CC1. The topological polar surface area (TPSA) is 66.3 Å². The average Bonchev–Trinajstić information content (AvgIpc) is 2.77. The molecule has 0 saturated carbocycles. The van der Waals surface area contributed by atoms with Crippen LogP contribution >= 0.6 is 0 Å². The van der Waals surface area contributed by atoms with E-state index in [-0.39, 0.29) is 24.4 Å². The van der Waals surface area contributed by atoms with Gasteiger partial charge in [0.1, 0.15) is 12.3 Å². The van der Waals surface area contributed by atoms with Crippen LogP contribution in [0.2, 0.25) is 0 Å². The summed E-state index contributed by atoms with van der Waals surface area (Å²) in [7, 11) is 1.69. The predicted molar refractivity (Wildman–Crippen MR) is 113 cm³/mol. The van der Waals surface area contributed by atoms with Crippen molar-refractivity contribution in [2.45, 2.75) is 13.0 Å². The Morgan fingerprint density at radius 3 is 2.45 bits per heavy atom. The number of hydrogen-bond donors (Lipinski definition) is 2. The standard InChI is InChI=1S/C22H26N4O3/c1-16(22(28)26-15-21(27)23-17-7-3-4-8-18(17)26)24-11-13-25(14-12-24)19-9-5-6-10-20(19)29-2/h3-10,16H,11-15H2,1-2H3,(H,23,27)/p+1/t16-/m1/s1. The van der Waals surface area contributed by atoms with Gasteiger partial charge in [0.15, 0.2) is 6.04 Å². The maximum Gasteiger partial charge on any atom is 0.285 e. The first-order chi connectivity index (χ1) is 14.1. The van der Waals surface area contributed by atoms with E-state index in [0.717, 1.165) is 43.3 Å². The van der Waals surface area contributed by atoms with Crippen LogP contribution in [0.4, 0.5) is 17.1 Å². The first-order valence-corrected chi connectivity index (χ1v) is 10.0. The van der Waals surface area contributed by atoms with Crippen molar-refractivity contribution in [2.75, 3.05) is 55.0 Å². The Bertz CT molecular complexity index is 908. The van der Waals surface area contributed by atoms with Crippen molar-refractivity contribution in [3.05, 3.63) is 48.5 Å². The third-order valence-electron chi connectivity index (χ3n) is 5.85. The molecule has 1 fully saturated rings. The molecule has 29 heavy (non-hydrogen) atoms. The summed E-state index contributed by atoms with van der Waals surface area (Å²) in [6.45, 7) is 5.44. The van der Waals surface area contributed by atoms with Gasteiger partial charge in [-0.15, -0.1) is 0 Å². The molecule has 2 aromatic carbocycles. The van der Waals surface area contributed by atoms with E-state index in [9.17, 15) is 9.59 Å².